The van der Waals surface area contributed by atoms with Crippen LogP contribution < -0.4 is 0 Å². The smallest absolute Gasteiger partial charge is 0.168 e. The highest BCUT2D eigenvalue weighted by Gasteiger charge is 2.45. The van der Waals surface area contributed by atoms with E-state index in [9.17, 15) is 0 Å². The quantitative estimate of drug-likeness (QED) is 0.302. The highest BCUT2D eigenvalue weighted by atomic mass is 28.3. The Kier molecular flexibility index (Phi) is 6.64. The van der Waals surface area contributed by atoms with Crippen molar-refractivity contribution in [3.63, 3.8) is 0 Å². The Bertz CT molecular complexity index is 1100. The Hall–Kier alpha value is -2.17. The van der Waals surface area contributed by atoms with E-state index in [-0.39, 0.29) is 0 Å². The summed E-state index contributed by atoms with van der Waals surface area (Å²) in [6.07, 6.45) is 4.61. The molecule has 3 rings (SSSR count). The third-order valence-electron chi connectivity index (χ3n) is 6.31. The third-order valence-corrected chi connectivity index (χ3v) is 13.9. The second-order valence-electron chi connectivity index (χ2n) is 10.6. The summed E-state index contributed by atoms with van der Waals surface area (Å²) in [6, 6.07) is 10.3. The normalized spacial score (nSPS) is 12.6. The van der Waals surface area contributed by atoms with Crippen LogP contribution in [0.2, 0.25) is 36.3 Å². The molecule has 0 fully saturated rings. The number of hydrogen-bond acceptors (Lipinski definition) is 2. The van der Waals surface area contributed by atoms with Gasteiger partial charge in [0, 0.05) is 11.8 Å². The van der Waals surface area contributed by atoms with Crippen molar-refractivity contribution < 1.29 is 0 Å². The van der Waals surface area contributed by atoms with Crippen molar-refractivity contribution in [2.75, 3.05) is 0 Å². The van der Waals surface area contributed by atoms with Gasteiger partial charge in [-0.2, -0.15) is 0 Å². The number of fused-ring (bicyclic) bond motifs is 1. The molecule has 3 aromatic rings. The first-order chi connectivity index (χ1) is 14.5. The van der Waals surface area contributed by atoms with E-state index in [2.05, 4.69) is 95.3 Å². The van der Waals surface area contributed by atoms with E-state index in [1.165, 1.54) is 0 Å². The molecule has 0 spiro atoms. The fraction of sp³-hybridized carbons (Fsp3) is 0.462. The van der Waals surface area contributed by atoms with Crippen molar-refractivity contribution in [1.29, 1.82) is 0 Å². The van der Waals surface area contributed by atoms with Gasteiger partial charge in [-0.1, -0.05) is 79.2 Å². The maximum atomic E-state index is 5.03. The maximum Gasteiger partial charge on any atom is 0.168 e. The van der Waals surface area contributed by atoms with E-state index < -0.39 is 16.3 Å². The first kappa shape index (κ1) is 23.5. The topological polar surface area (TPSA) is 30.7 Å². The van der Waals surface area contributed by atoms with E-state index in [0.717, 1.165) is 28.0 Å². The van der Waals surface area contributed by atoms with Gasteiger partial charge in [-0.15, -0.1) is 5.54 Å². The number of nitrogens with zero attached hydrogens (tertiary/aromatic N) is 3. The van der Waals surface area contributed by atoms with Gasteiger partial charge in [0.05, 0.1) is 11.0 Å². The van der Waals surface area contributed by atoms with Crippen molar-refractivity contribution in [3.8, 4) is 22.7 Å². The average molecular weight is 448 g/mol. The summed E-state index contributed by atoms with van der Waals surface area (Å²) >= 11 is 0. The van der Waals surface area contributed by atoms with Gasteiger partial charge >= 0.3 is 0 Å². The molecule has 1 aromatic carbocycles. The van der Waals surface area contributed by atoms with Gasteiger partial charge in [-0.05, 0) is 41.0 Å². The van der Waals surface area contributed by atoms with Gasteiger partial charge in [0.25, 0.3) is 0 Å². The molecule has 0 saturated heterocycles. The molecule has 0 bridgehead atoms. The monoisotopic (exact) mass is 447 g/mol. The molecule has 0 radical (unpaired) electrons. The molecule has 0 unspecified atom stereocenters. The van der Waals surface area contributed by atoms with Crippen LogP contribution in [-0.4, -0.2) is 30.5 Å². The second-order valence-corrected chi connectivity index (χ2v) is 21.1. The predicted molar refractivity (Wildman–Crippen MR) is 140 cm³/mol. The van der Waals surface area contributed by atoms with Gasteiger partial charge in [-0.25, -0.2) is 9.97 Å². The summed E-state index contributed by atoms with van der Waals surface area (Å²) in [4.78, 5) is 9.95. The van der Waals surface area contributed by atoms with Gasteiger partial charge < -0.3 is 4.23 Å². The van der Waals surface area contributed by atoms with Crippen LogP contribution in [0.15, 0.2) is 42.7 Å². The van der Waals surface area contributed by atoms with Crippen molar-refractivity contribution in [1.82, 2.24) is 14.2 Å². The zero-order valence-corrected chi connectivity index (χ0v) is 22.6. The highest BCUT2D eigenvalue weighted by Crippen LogP contribution is 2.43. The molecule has 0 saturated carbocycles. The van der Waals surface area contributed by atoms with Gasteiger partial charge in [-0.3, -0.25) is 0 Å². The number of aromatic nitrogens is 3. The molecule has 0 aliphatic heterocycles. The van der Waals surface area contributed by atoms with E-state index in [0.29, 0.717) is 16.6 Å². The zero-order valence-electron chi connectivity index (χ0n) is 20.6. The summed E-state index contributed by atoms with van der Waals surface area (Å²) in [5.41, 5.74) is 10.1. The largest absolute Gasteiger partial charge is 0.379 e. The van der Waals surface area contributed by atoms with Crippen molar-refractivity contribution >= 4 is 27.3 Å². The average Bonchev–Trinajstić information content (AvgIpc) is 3.14. The Morgan fingerprint density at radius 3 is 1.87 bits per heavy atom. The molecule has 5 heteroatoms. The molecule has 3 nitrogen and oxygen atoms in total. The van der Waals surface area contributed by atoms with Gasteiger partial charge in [0.2, 0.25) is 0 Å². The number of hydrogen-bond donors (Lipinski definition) is 0. The molecule has 0 aliphatic carbocycles. The van der Waals surface area contributed by atoms with Crippen LogP contribution in [0.25, 0.3) is 22.3 Å². The molecule has 0 aliphatic rings. The van der Waals surface area contributed by atoms with Crippen LogP contribution in [0.5, 0.6) is 0 Å². The first-order valence-corrected chi connectivity index (χ1v) is 17.1. The summed E-state index contributed by atoms with van der Waals surface area (Å²) in [5, 5.41) is 0. The van der Waals surface area contributed by atoms with Crippen LogP contribution in [0.1, 0.15) is 47.2 Å². The lowest BCUT2D eigenvalue weighted by molar-refractivity contribution is 0.766. The minimum absolute atomic E-state index is 0.640. The van der Waals surface area contributed by atoms with Crippen LogP contribution in [0.3, 0.4) is 0 Å². The number of benzene rings is 1. The van der Waals surface area contributed by atoms with Crippen molar-refractivity contribution in [2.24, 2.45) is 0 Å². The van der Waals surface area contributed by atoms with Crippen LogP contribution in [0.4, 0.5) is 0 Å². The lowest BCUT2D eigenvalue weighted by atomic mass is 10.1. The summed E-state index contributed by atoms with van der Waals surface area (Å²) in [7, 11) is -3.32. The lowest BCUT2D eigenvalue weighted by Crippen LogP contribution is -2.51. The van der Waals surface area contributed by atoms with Crippen molar-refractivity contribution in [2.45, 2.75) is 77.8 Å². The SMILES string of the molecule is CC(C)[Si](C(C)C)(C(C)C)n1ccc(-c2nc3ccccc3nc2C#C[Si](C)(C)C)c1. The van der Waals surface area contributed by atoms with E-state index in [1.54, 1.807) is 0 Å². The molecular weight excluding hydrogens is 410 g/mol. The molecule has 31 heavy (non-hydrogen) atoms. The summed E-state index contributed by atoms with van der Waals surface area (Å²) < 4.78 is 2.56. The Morgan fingerprint density at radius 1 is 0.806 bits per heavy atom. The first-order valence-electron chi connectivity index (χ1n) is 11.5. The van der Waals surface area contributed by atoms with Crippen LogP contribution in [0, 0.1) is 11.5 Å². The summed E-state index contributed by atoms with van der Waals surface area (Å²) in [5.74, 6) is 3.40. The van der Waals surface area contributed by atoms with Crippen LogP contribution >= 0.6 is 0 Å². The standard InChI is InChI=1S/C26H37N3Si2/c1-19(2)31(20(3)4,21(5)6)29-16-14-22(18-29)26-25(15-17-30(7,8)9)27-23-12-10-11-13-24(23)28-26/h10-14,16,18-21H,1-9H3. The predicted octanol–water partition coefficient (Wildman–Crippen LogP) is 7.35. The molecule has 2 heterocycles. The lowest BCUT2D eigenvalue weighted by Gasteiger charge is -2.44. The molecular formula is C26H37N3Si2. The van der Waals surface area contributed by atoms with E-state index in [4.69, 9.17) is 9.97 Å². The second kappa shape index (κ2) is 8.76. The number of rotatable bonds is 5. The Balaban J connectivity index is 2.22. The van der Waals surface area contributed by atoms with Gasteiger partial charge in [0.15, 0.2) is 8.24 Å². The molecule has 0 amide bonds. The highest BCUT2D eigenvalue weighted by molar-refractivity contribution is 6.84. The molecule has 164 valence electrons. The fourth-order valence-corrected chi connectivity index (χ4v) is 12.2. The van der Waals surface area contributed by atoms with Crippen LogP contribution in [-0.2, 0) is 0 Å². The Morgan fingerprint density at radius 2 is 1.35 bits per heavy atom. The minimum atomic E-state index is -1.80. The minimum Gasteiger partial charge on any atom is -0.379 e. The molecule has 2 aromatic heterocycles. The maximum absolute atomic E-state index is 5.03. The molecule has 0 atom stereocenters. The van der Waals surface area contributed by atoms with Gasteiger partial charge in [0.1, 0.15) is 19.5 Å². The van der Waals surface area contributed by atoms with E-state index in [1.807, 2.05) is 24.3 Å². The molecule has 0 N–H and O–H groups in total. The van der Waals surface area contributed by atoms with E-state index >= 15 is 0 Å². The summed E-state index contributed by atoms with van der Waals surface area (Å²) in [6.45, 7) is 21.2. The third kappa shape index (κ3) is 4.56. The van der Waals surface area contributed by atoms with Crippen molar-refractivity contribution in [3.05, 3.63) is 48.4 Å². The fourth-order valence-electron chi connectivity index (χ4n) is 5.21. The Labute approximate surface area is 190 Å². The number of para-hydroxylation sites is 2. The zero-order chi connectivity index (χ0) is 23.0.